The molecule has 0 saturated carbocycles. The number of aryl methyl sites for hydroxylation is 2. The van der Waals surface area contributed by atoms with Gasteiger partial charge >= 0.3 is 0 Å². The zero-order valence-corrected chi connectivity index (χ0v) is 9.19. The van der Waals surface area contributed by atoms with Crippen molar-refractivity contribution in [3.05, 3.63) is 29.5 Å². The van der Waals surface area contributed by atoms with Crippen LogP contribution in [-0.4, -0.2) is 15.1 Å². The van der Waals surface area contributed by atoms with Gasteiger partial charge in [0.25, 0.3) is 0 Å². The van der Waals surface area contributed by atoms with Crippen LogP contribution in [-0.2, 0) is 6.54 Å². The third-order valence-corrected chi connectivity index (χ3v) is 2.18. The molecule has 0 unspecified atom stereocenters. The zero-order valence-electron chi connectivity index (χ0n) is 9.19. The van der Waals surface area contributed by atoms with Gasteiger partial charge < -0.3 is 15.6 Å². The van der Waals surface area contributed by atoms with E-state index in [1.165, 1.54) is 0 Å². The van der Waals surface area contributed by atoms with E-state index >= 15 is 0 Å². The number of aromatic nitrogens is 3. The molecule has 84 valence electrons. The normalized spacial score (nSPS) is 10.4. The van der Waals surface area contributed by atoms with Gasteiger partial charge in [-0.3, -0.25) is 0 Å². The second-order valence-corrected chi connectivity index (χ2v) is 3.48. The monoisotopic (exact) mass is 219 g/mol. The lowest BCUT2D eigenvalue weighted by Gasteiger charge is -2.07. The van der Waals surface area contributed by atoms with Crippen LogP contribution >= 0.6 is 0 Å². The first kappa shape index (κ1) is 10.4. The average Bonchev–Trinajstić information content (AvgIpc) is 2.67. The number of anilines is 2. The Morgan fingerprint density at radius 3 is 2.94 bits per heavy atom. The summed E-state index contributed by atoms with van der Waals surface area (Å²) in [5.74, 6) is 1.76. The van der Waals surface area contributed by atoms with Gasteiger partial charge in [-0.05, 0) is 25.5 Å². The lowest BCUT2D eigenvalue weighted by Crippen LogP contribution is -2.05. The maximum absolute atomic E-state index is 5.86. The highest BCUT2D eigenvalue weighted by Crippen LogP contribution is 2.18. The summed E-state index contributed by atoms with van der Waals surface area (Å²) in [5.41, 5.74) is 7.48. The van der Waals surface area contributed by atoms with E-state index in [1.807, 2.05) is 13.0 Å². The predicted octanol–water partition coefficient (Wildman–Crippen LogP) is 1.28. The van der Waals surface area contributed by atoms with Gasteiger partial charge in [0.05, 0.1) is 12.2 Å². The Balaban J connectivity index is 2.07. The Morgan fingerprint density at radius 1 is 1.44 bits per heavy atom. The highest BCUT2D eigenvalue weighted by atomic mass is 16.5. The second-order valence-electron chi connectivity index (χ2n) is 3.48. The van der Waals surface area contributed by atoms with Gasteiger partial charge in [0.15, 0.2) is 5.82 Å². The molecule has 0 radical (unpaired) electrons. The summed E-state index contributed by atoms with van der Waals surface area (Å²) in [6.45, 7) is 4.12. The van der Waals surface area contributed by atoms with E-state index in [-0.39, 0.29) is 0 Å². The molecular weight excluding hydrogens is 206 g/mol. The van der Waals surface area contributed by atoms with Crippen LogP contribution in [0.25, 0.3) is 0 Å². The highest BCUT2D eigenvalue weighted by molar-refractivity contribution is 5.64. The number of nitrogens with zero attached hydrogens (tertiary/aromatic N) is 3. The molecule has 0 amide bonds. The molecule has 0 aliphatic heterocycles. The van der Waals surface area contributed by atoms with Crippen molar-refractivity contribution in [3.8, 4) is 0 Å². The van der Waals surface area contributed by atoms with Crippen molar-refractivity contribution < 1.29 is 4.52 Å². The van der Waals surface area contributed by atoms with Gasteiger partial charge in [-0.2, -0.15) is 4.98 Å². The number of nitrogen functional groups attached to an aromatic ring is 1. The number of rotatable bonds is 3. The van der Waals surface area contributed by atoms with Gasteiger partial charge in [-0.15, -0.1) is 0 Å². The van der Waals surface area contributed by atoms with Crippen molar-refractivity contribution in [2.24, 2.45) is 0 Å². The number of pyridine rings is 1. The van der Waals surface area contributed by atoms with E-state index in [9.17, 15) is 0 Å². The fraction of sp³-hybridized carbons (Fsp3) is 0.300. The third-order valence-electron chi connectivity index (χ3n) is 2.18. The Morgan fingerprint density at radius 2 is 2.25 bits per heavy atom. The molecule has 2 aromatic heterocycles. The lowest BCUT2D eigenvalue weighted by molar-refractivity contribution is 0.379. The molecule has 0 aliphatic rings. The summed E-state index contributed by atoms with van der Waals surface area (Å²) in [6, 6.07) is 1.86. The molecule has 2 aromatic rings. The molecular formula is C10H13N5O. The minimum atomic E-state index is 0.418. The molecule has 0 aliphatic carbocycles. The standard InChI is InChI=1S/C10H13N5O/c1-6-3-4-12-10(9(6)11)13-5-8-14-7(2)15-16-8/h3-4H,5,11H2,1-2H3,(H,12,13). The molecule has 0 bridgehead atoms. The summed E-state index contributed by atoms with van der Waals surface area (Å²) >= 11 is 0. The zero-order chi connectivity index (χ0) is 11.5. The molecule has 0 spiro atoms. The van der Waals surface area contributed by atoms with Crippen LogP contribution in [0.5, 0.6) is 0 Å². The Hall–Kier alpha value is -2.11. The fourth-order valence-corrected chi connectivity index (χ4v) is 1.28. The average molecular weight is 219 g/mol. The van der Waals surface area contributed by atoms with Crippen LogP contribution in [0.3, 0.4) is 0 Å². The summed E-state index contributed by atoms with van der Waals surface area (Å²) in [4.78, 5) is 8.20. The van der Waals surface area contributed by atoms with Gasteiger partial charge in [-0.25, -0.2) is 4.98 Å². The van der Waals surface area contributed by atoms with E-state index in [0.29, 0.717) is 29.8 Å². The van der Waals surface area contributed by atoms with Crippen molar-refractivity contribution in [1.82, 2.24) is 15.1 Å². The molecule has 2 heterocycles. The SMILES string of the molecule is Cc1noc(CNc2nccc(C)c2N)n1. The third kappa shape index (κ3) is 2.10. The van der Waals surface area contributed by atoms with E-state index in [4.69, 9.17) is 10.3 Å². The number of hydrogen-bond acceptors (Lipinski definition) is 6. The molecule has 0 atom stereocenters. The summed E-state index contributed by atoms with van der Waals surface area (Å²) < 4.78 is 4.96. The largest absolute Gasteiger partial charge is 0.396 e. The van der Waals surface area contributed by atoms with E-state index in [1.54, 1.807) is 13.1 Å². The first-order valence-corrected chi connectivity index (χ1v) is 4.91. The minimum Gasteiger partial charge on any atom is -0.396 e. The quantitative estimate of drug-likeness (QED) is 0.808. The smallest absolute Gasteiger partial charge is 0.245 e. The Bertz CT molecular complexity index is 494. The maximum atomic E-state index is 5.86. The van der Waals surface area contributed by atoms with Crippen molar-refractivity contribution in [2.75, 3.05) is 11.1 Å². The molecule has 6 nitrogen and oxygen atoms in total. The molecule has 0 saturated heterocycles. The van der Waals surface area contributed by atoms with Crippen LogP contribution in [0, 0.1) is 13.8 Å². The molecule has 6 heteroatoms. The number of nitrogens with one attached hydrogen (secondary N) is 1. The van der Waals surface area contributed by atoms with Crippen molar-refractivity contribution in [2.45, 2.75) is 20.4 Å². The molecule has 0 fully saturated rings. The maximum Gasteiger partial charge on any atom is 0.245 e. The summed E-state index contributed by atoms with van der Waals surface area (Å²) in [5, 5.41) is 6.74. The van der Waals surface area contributed by atoms with E-state index in [0.717, 1.165) is 5.56 Å². The van der Waals surface area contributed by atoms with Crippen LogP contribution in [0.2, 0.25) is 0 Å². The second kappa shape index (κ2) is 4.18. The first-order chi connectivity index (χ1) is 7.66. The number of nitrogens with two attached hydrogens (primary N) is 1. The van der Waals surface area contributed by atoms with E-state index < -0.39 is 0 Å². The fourth-order valence-electron chi connectivity index (χ4n) is 1.28. The highest BCUT2D eigenvalue weighted by Gasteiger charge is 2.05. The van der Waals surface area contributed by atoms with Crippen LogP contribution in [0.4, 0.5) is 11.5 Å². The minimum absolute atomic E-state index is 0.418. The Kier molecular flexibility index (Phi) is 2.72. The van der Waals surface area contributed by atoms with Crippen LogP contribution < -0.4 is 11.1 Å². The van der Waals surface area contributed by atoms with Gasteiger partial charge in [0.2, 0.25) is 5.89 Å². The van der Waals surface area contributed by atoms with Gasteiger partial charge in [-0.1, -0.05) is 5.16 Å². The Labute approximate surface area is 92.9 Å². The summed E-state index contributed by atoms with van der Waals surface area (Å²) in [6.07, 6.45) is 1.70. The summed E-state index contributed by atoms with van der Waals surface area (Å²) in [7, 11) is 0. The predicted molar refractivity (Wildman–Crippen MR) is 59.7 cm³/mol. The molecule has 0 aromatic carbocycles. The van der Waals surface area contributed by atoms with E-state index in [2.05, 4.69) is 20.4 Å². The van der Waals surface area contributed by atoms with Gasteiger partial charge in [0, 0.05) is 6.20 Å². The van der Waals surface area contributed by atoms with Gasteiger partial charge in [0.1, 0.15) is 5.82 Å². The molecule has 16 heavy (non-hydrogen) atoms. The van der Waals surface area contributed by atoms with Crippen molar-refractivity contribution >= 4 is 11.5 Å². The van der Waals surface area contributed by atoms with Crippen molar-refractivity contribution in [3.63, 3.8) is 0 Å². The molecule has 3 N–H and O–H groups in total. The first-order valence-electron chi connectivity index (χ1n) is 4.91. The van der Waals surface area contributed by atoms with Crippen LogP contribution in [0.1, 0.15) is 17.3 Å². The van der Waals surface area contributed by atoms with Crippen molar-refractivity contribution in [1.29, 1.82) is 0 Å². The molecule has 2 rings (SSSR count). The number of hydrogen-bond donors (Lipinski definition) is 2. The lowest BCUT2D eigenvalue weighted by atomic mass is 10.2. The van der Waals surface area contributed by atoms with Crippen LogP contribution in [0.15, 0.2) is 16.8 Å². The topological polar surface area (TPSA) is 89.9 Å².